The van der Waals surface area contributed by atoms with Crippen molar-refractivity contribution in [3.8, 4) is 11.8 Å². The number of aromatic hydroxyl groups is 1. The van der Waals surface area contributed by atoms with E-state index in [0.717, 1.165) is 31.2 Å². The highest BCUT2D eigenvalue weighted by molar-refractivity contribution is 5.43. The molecule has 2 rings (SSSR count). The molecule has 0 heterocycles. The zero-order valence-corrected chi connectivity index (χ0v) is 8.74. The van der Waals surface area contributed by atoms with Crippen LogP contribution in [0.2, 0.25) is 0 Å². The molecule has 1 saturated carbocycles. The SMILES string of the molecule is N#CC1(c2ccccc2O)CCCCC1. The first-order valence-corrected chi connectivity index (χ1v) is 5.48. The van der Waals surface area contributed by atoms with Crippen molar-refractivity contribution in [2.75, 3.05) is 0 Å². The van der Waals surface area contributed by atoms with Crippen LogP contribution in [0.1, 0.15) is 37.7 Å². The summed E-state index contributed by atoms with van der Waals surface area (Å²) in [6.45, 7) is 0. The van der Waals surface area contributed by atoms with Crippen molar-refractivity contribution in [3.05, 3.63) is 29.8 Å². The van der Waals surface area contributed by atoms with E-state index in [1.807, 2.05) is 12.1 Å². The molecule has 0 spiro atoms. The molecular weight excluding hydrogens is 186 g/mol. The number of hydrogen-bond acceptors (Lipinski definition) is 2. The molecule has 1 aromatic carbocycles. The minimum absolute atomic E-state index is 0.265. The molecule has 0 radical (unpaired) electrons. The van der Waals surface area contributed by atoms with E-state index in [0.29, 0.717) is 0 Å². The van der Waals surface area contributed by atoms with E-state index >= 15 is 0 Å². The Morgan fingerprint density at radius 1 is 1.13 bits per heavy atom. The van der Waals surface area contributed by atoms with Crippen molar-refractivity contribution in [3.63, 3.8) is 0 Å². The Morgan fingerprint density at radius 3 is 2.40 bits per heavy atom. The Morgan fingerprint density at radius 2 is 1.80 bits per heavy atom. The van der Waals surface area contributed by atoms with Crippen molar-refractivity contribution in [1.82, 2.24) is 0 Å². The molecule has 0 saturated heterocycles. The van der Waals surface area contributed by atoms with E-state index in [-0.39, 0.29) is 5.75 Å². The van der Waals surface area contributed by atoms with Crippen LogP contribution in [0.5, 0.6) is 5.75 Å². The highest BCUT2D eigenvalue weighted by Gasteiger charge is 2.35. The molecule has 0 atom stereocenters. The summed E-state index contributed by atoms with van der Waals surface area (Å²) in [5.41, 5.74) is 0.371. The van der Waals surface area contributed by atoms with Gasteiger partial charge in [-0.3, -0.25) is 0 Å². The van der Waals surface area contributed by atoms with Crippen molar-refractivity contribution in [1.29, 1.82) is 5.26 Å². The predicted molar refractivity (Wildman–Crippen MR) is 58.5 cm³/mol. The molecule has 15 heavy (non-hydrogen) atoms. The van der Waals surface area contributed by atoms with E-state index in [2.05, 4.69) is 6.07 Å². The molecule has 0 bridgehead atoms. The summed E-state index contributed by atoms with van der Waals surface area (Å²) >= 11 is 0. The normalized spacial score (nSPS) is 19.4. The number of hydrogen-bond donors (Lipinski definition) is 1. The number of benzene rings is 1. The van der Waals surface area contributed by atoms with Crippen LogP contribution in [0.25, 0.3) is 0 Å². The van der Waals surface area contributed by atoms with Crippen LogP contribution in [0.4, 0.5) is 0 Å². The van der Waals surface area contributed by atoms with Gasteiger partial charge in [0.1, 0.15) is 5.75 Å². The van der Waals surface area contributed by atoms with Gasteiger partial charge in [-0.15, -0.1) is 0 Å². The zero-order valence-electron chi connectivity index (χ0n) is 8.74. The lowest BCUT2D eigenvalue weighted by molar-refractivity contribution is 0.350. The molecule has 78 valence electrons. The summed E-state index contributed by atoms with van der Waals surface area (Å²) in [6, 6.07) is 9.65. The van der Waals surface area contributed by atoms with Gasteiger partial charge in [0.2, 0.25) is 0 Å². The predicted octanol–water partition coefficient (Wildman–Crippen LogP) is 3.12. The summed E-state index contributed by atoms with van der Waals surface area (Å²) in [5.74, 6) is 0.265. The lowest BCUT2D eigenvalue weighted by Gasteiger charge is -2.31. The largest absolute Gasteiger partial charge is 0.508 e. The average Bonchev–Trinajstić information content (AvgIpc) is 2.30. The van der Waals surface area contributed by atoms with Crippen LogP contribution in [0, 0.1) is 11.3 Å². The maximum Gasteiger partial charge on any atom is 0.120 e. The first kappa shape index (κ1) is 10.0. The summed E-state index contributed by atoms with van der Waals surface area (Å²) in [5, 5.41) is 19.2. The lowest BCUT2D eigenvalue weighted by atomic mass is 9.70. The first-order valence-electron chi connectivity index (χ1n) is 5.48. The van der Waals surface area contributed by atoms with E-state index < -0.39 is 5.41 Å². The van der Waals surface area contributed by atoms with Crippen molar-refractivity contribution in [2.45, 2.75) is 37.5 Å². The fourth-order valence-electron chi connectivity index (χ4n) is 2.48. The van der Waals surface area contributed by atoms with Gasteiger partial charge in [-0.05, 0) is 18.9 Å². The second-order valence-electron chi connectivity index (χ2n) is 4.27. The van der Waals surface area contributed by atoms with Crippen LogP contribution in [-0.4, -0.2) is 5.11 Å². The molecule has 1 N–H and O–H groups in total. The average molecular weight is 201 g/mol. The molecule has 0 aliphatic heterocycles. The quantitative estimate of drug-likeness (QED) is 0.758. The Kier molecular flexibility index (Phi) is 2.64. The second kappa shape index (κ2) is 3.94. The van der Waals surface area contributed by atoms with Crippen LogP contribution in [0.15, 0.2) is 24.3 Å². The van der Waals surface area contributed by atoms with Gasteiger partial charge >= 0.3 is 0 Å². The van der Waals surface area contributed by atoms with E-state index in [4.69, 9.17) is 0 Å². The molecular formula is C13H15NO. The van der Waals surface area contributed by atoms with Gasteiger partial charge in [-0.25, -0.2) is 0 Å². The van der Waals surface area contributed by atoms with Crippen molar-refractivity contribution < 1.29 is 5.11 Å². The molecule has 1 fully saturated rings. The smallest absolute Gasteiger partial charge is 0.120 e. The Labute approximate surface area is 90.2 Å². The van der Waals surface area contributed by atoms with E-state index in [1.54, 1.807) is 12.1 Å². The minimum Gasteiger partial charge on any atom is -0.508 e. The van der Waals surface area contributed by atoms with E-state index in [9.17, 15) is 10.4 Å². The molecule has 1 aromatic rings. The summed E-state index contributed by atoms with van der Waals surface area (Å²) in [6.07, 6.45) is 5.13. The number of nitriles is 1. The summed E-state index contributed by atoms with van der Waals surface area (Å²) in [4.78, 5) is 0. The number of rotatable bonds is 1. The number of phenolic OH excluding ortho intramolecular Hbond substituents is 1. The van der Waals surface area contributed by atoms with E-state index in [1.165, 1.54) is 6.42 Å². The Bertz CT molecular complexity index is 386. The maximum absolute atomic E-state index is 9.81. The summed E-state index contributed by atoms with van der Waals surface area (Å²) in [7, 11) is 0. The molecule has 2 heteroatoms. The molecule has 1 aliphatic carbocycles. The van der Waals surface area contributed by atoms with Gasteiger partial charge in [0.05, 0.1) is 11.5 Å². The third-order valence-corrected chi connectivity index (χ3v) is 3.34. The molecule has 0 aromatic heterocycles. The molecule has 2 nitrogen and oxygen atoms in total. The van der Waals surface area contributed by atoms with Gasteiger partial charge in [0.15, 0.2) is 0 Å². The fraction of sp³-hybridized carbons (Fsp3) is 0.462. The van der Waals surface area contributed by atoms with Gasteiger partial charge in [0, 0.05) is 5.56 Å². The molecule has 1 aliphatic rings. The first-order chi connectivity index (χ1) is 7.28. The van der Waals surface area contributed by atoms with Crippen molar-refractivity contribution >= 4 is 0 Å². The summed E-state index contributed by atoms with van der Waals surface area (Å²) < 4.78 is 0. The van der Waals surface area contributed by atoms with Gasteiger partial charge in [-0.1, -0.05) is 37.5 Å². The van der Waals surface area contributed by atoms with Gasteiger partial charge in [-0.2, -0.15) is 5.26 Å². The van der Waals surface area contributed by atoms with Crippen molar-refractivity contribution in [2.24, 2.45) is 0 Å². The van der Waals surface area contributed by atoms with Crippen LogP contribution in [0.3, 0.4) is 0 Å². The monoisotopic (exact) mass is 201 g/mol. The maximum atomic E-state index is 9.81. The number of para-hydroxylation sites is 1. The fourth-order valence-corrected chi connectivity index (χ4v) is 2.48. The minimum atomic E-state index is -0.441. The Hall–Kier alpha value is -1.49. The van der Waals surface area contributed by atoms with Gasteiger partial charge < -0.3 is 5.11 Å². The lowest BCUT2D eigenvalue weighted by Crippen LogP contribution is -2.27. The highest BCUT2D eigenvalue weighted by Crippen LogP contribution is 2.42. The second-order valence-corrected chi connectivity index (χ2v) is 4.27. The molecule has 0 amide bonds. The Balaban J connectivity index is 2.42. The standard InChI is InChI=1S/C13H15NO/c14-10-13(8-4-1-5-9-13)11-6-2-3-7-12(11)15/h2-3,6-7,15H,1,4-5,8-9H2. The van der Waals surface area contributed by atoms with Gasteiger partial charge in [0.25, 0.3) is 0 Å². The number of nitrogens with zero attached hydrogens (tertiary/aromatic N) is 1. The third kappa shape index (κ3) is 1.70. The van der Waals surface area contributed by atoms with Crippen LogP contribution in [-0.2, 0) is 5.41 Å². The third-order valence-electron chi connectivity index (χ3n) is 3.34. The van der Waals surface area contributed by atoms with Crippen LogP contribution < -0.4 is 0 Å². The molecule has 0 unspecified atom stereocenters. The zero-order chi connectivity index (χ0) is 10.7. The number of phenols is 1. The van der Waals surface area contributed by atoms with Crippen LogP contribution >= 0.6 is 0 Å². The highest BCUT2D eigenvalue weighted by atomic mass is 16.3. The topological polar surface area (TPSA) is 44.0 Å².